The van der Waals surface area contributed by atoms with Crippen LogP contribution in [0, 0.1) is 5.92 Å². The van der Waals surface area contributed by atoms with E-state index in [1.165, 1.54) is 29.0 Å². The average molecular weight is 372 g/mol. The van der Waals surface area contributed by atoms with Gasteiger partial charge in [0, 0.05) is 45.7 Å². The maximum absolute atomic E-state index is 12.2. The van der Waals surface area contributed by atoms with Gasteiger partial charge in [-0.05, 0) is 55.5 Å². The number of hydrogen-bond acceptors (Lipinski definition) is 4. The van der Waals surface area contributed by atoms with Crippen LogP contribution in [0.3, 0.4) is 0 Å². The first-order valence-corrected chi connectivity index (χ1v) is 10.3. The molecule has 148 valence electrons. The van der Waals surface area contributed by atoms with E-state index in [1.54, 1.807) is 0 Å². The Bertz CT molecular complexity index is 640. The number of amides is 2. The molecule has 2 amide bonds. The Morgan fingerprint density at radius 2 is 1.74 bits per heavy atom. The molecule has 1 aromatic rings. The zero-order chi connectivity index (χ0) is 19.4. The first-order valence-electron chi connectivity index (χ1n) is 10.3. The number of likely N-dealkylation sites (tertiary alicyclic amines) is 2. The van der Waals surface area contributed by atoms with Crippen molar-refractivity contribution in [3.63, 3.8) is 0 Å². The van der Waals surface area contributed by atoms with Crippen molar-refractivity contribution < 1.29 is 9.59 Å². The van der Waals surface area contributed by atoms with Gasteiger partial charge in [-0.2, -0.15) is 0 Å². The molecule has 0 aromatic heterocycles. The maximum atomic E-state index is 12.2. The lowest BCUT2D eigenvalue weighted by Gasteiger charge is -2.40. The highest BCUT2D eigenvalue weighted by molar-refractivity contribution is 6.01. The van der Waals surface area contributed by atoms with Gasteiger partial charge in [-0.15, -0.1) is 0 Å². The molecular weight excluding hydrogens is 338 g/mol. The van der Waals surface area contributed by atoms with Gasteiger partial charge in [0.15, 0.2) is 0 Å². The number of unbranched alkanes of at least 4 members (excludes halogenated alkanes) is 1. The second-order valence-corrected chi connectivity index (χ2v) is 8.19. The highest BCUT2D eigenvalue weighted by Gasteiger charge is 2.36. The van der Waals surface area contributed by atoms with Crippen LogP contribution in [0.1, 0.15) is 50.5 Å². The summed E-state index contributed by atoms with van der Waals surface area (Å²) >= 11 is 0. The molecule has 2 aliphatic heterocycles. The molecule has 2 saturated heterocycles. The first kappa shape index (κ1) is 19.9. The van der Waals surface area contributed by atoms with E-state index >= 15 is 0 Å². The standard InChI is InChI=1S/C22H33N3O2/c1-4-5-13-24-14-12-20(17-6-8-19(9-7-17)23(2)3)18(15-24)16-25-21(26)10-11-22(25)27/h6-9,18,20H,4-5,10-16H2,1-3H3/t18-,20-/m0/s1. The van der Waals surface area contributed by atoms with Gasteiger partial charge in [0.1, 0.15) is 0 Å². The predicted molar refractivity (Wildman–Crippen MR) is 109 cm³/mol. The van der Waals surface area contributed by atoms with Crippen molar-refractivity contribution >= 4 is 17.5 Å². The van der Waals surface area contributed by atoms with Crippen LogP contribution < -0.4 is 4.90 Å². The second kappa shape index (κ2) is 8.87. The van der Waals surface area contributed by atoms with E-state index in [2.05, 4.69) is 55.1 Å². The Morgan fingerprint density at radius 1 is 1.07 bits per heavy atom. The zero-order valence-electron chi connectivity index (χ0n) is 17.0. The number of imide groups is 1. The Morgan fingerprint density at radius 3 is 2.33 bits per heavy atom. The summed E-state index contributed by atoms with van der Waals surface area (Å²) in [7, 11) is 4.10. The third-order valence-electron chi connectivity index (χ3n) is 6.06. The Labute approximate surface area is 163 Å². The van der Waals surface area contributed by atoms with Crippen LogP contribution in [0.15, 0.2) is 24.3 Å². The molecule has 2 atom stereocenters. The molecule has 0 bridgehead atoms. The molecule has 5 nitrogen and oxygen atoms in total. The number of benzene rings is 1. The minimum atomic E-state index is 0.00684. The van der Waals surface area contributed by atoms with Gasteiger partial charge >= 0.3 is 0 Å². The fourth-order valence-corrected chi connectivity index (χ4v) is 4.40. The summed E-state index contributed by atoms with van der Waals surface area (Å²) in [5.41, 5.74) is 2.53. The molecule has 0 aliphatic carbocycles. The monoisotopic (exact) mass is 371 g/mol. The van der Waals surface area contributed by atoms with Crippen molar-refractivity contribution in [2.75, 3.05) is 45.2 Å². The summed E-state index contributed by atoms with van der Waals surface area (Å²) < 4.78 is 0. The number of hydrogen-bond donors (Lipinski definition) is 0. The molecule has 2 heterocycles. The normalized spacial score (nSPS) is 23.9. The van der Waals surface area contributed by atoms with Gasteiger partial charge < -0.3 is 9.80 Å². The molecule has 27 heavy (non-hydrogen) atoms. The van der Waals surface area contributed by atoms with Crippen molar-refractivity contribution in [1.29, 1.82) is 0 Å². The molecule has 5 heteroatoms. The number of carbonyl (C=O) groups excluding carboxylic acids is 2. The highest BCUT2D eigenvalue weighted by Crippen LogP contribution is 2.35. The lowest BCUT2D eigenvalue weighted by atomic mass is 9.80. The van der Waals surface area contributed by atoms with Crippen molar-refractivity contribution in [3.8, 4) is 0 Å². The topological polar surface area (TPSA) is 43.9 Å². The van der Waals surface area contributed by atoms with Crippen LogP contribution in [0.25, 0.3) is 0 Å². The van der Waals surface area contributed by atoms with Crippen LogP contribution in [-0.4, -0.2) is 61.9 Å². The molecule has 2 fully saturated rings. The molecule has 1 aromatic carbocycles. The molecular formula is C22H33N3O2. The van der Waals surface area contributed by atoms with Gasteiger partial charge in [0.2, 0.25) is 11.8 Å². The van der Waals surface area contributed by atoms with Crippen molar-refractivity contribution in [1.82, 2.24) is 9.80 Å². The van der Waals surface area contributed by atoms with Crippen LogP contribution in [0.5, 0.6) is 0 Å². The quantitative estimate of drug-likeness (QED) is 0.691. The highest BCUT2D eigenvalue weighted by atomic mass is 16.2. The Hall–Kier alpha value is -1.88. The number of rotatable bonds is 7. The summed E-state index contributed by atoms with van der Waals surface area (Å²) in [6.07, 6.45) is 4.25. The van der Waals surface area contributed by atoms with E-state index in [4.69, 9.17) is 0 Å². The van der Waals surface area contributed by atoms with Crippen LogP contribution >= 0.6 is 0 Å². The van der Waals surface area contributed by atoms with Gasteiger partial charge in [0.05, 0.1) is 0 Å². The van der Waals surface area contributed by atoms with E-state index in [9.17, 15) is 9.59 Å². The SMILES string of the molecule is CCCCN1CC[C@@H](c2ccc(N(C)C)cc2)[C@H](CN2C(=O)CCC2=O)C1. The van der Waals surface area contributed by atoms with E-state index < -0.39 is 0 Å². The molecule has 0 spiro atoms. The van der Waals surface area contributed by atoms with E-state index in [0.29, 0.717) is 31.2 Å². The Balaban J connectivity index is 1.77. The van der Waals surface area contributed by atoms with E-state index in [1.807, 2.05) is 0 Å². The fourth-order valence-electron chi connectivity index (χ4n) is 4.40. The lowest BCUT2D eigenvalue weighted by Crippen LogP contribution is -2.46. The molecule has 0 N–H and O–H groups in total. The van der Waals surface area contributed by atoms with E-state index in [0.717, 1.165) is 26.1 Å². The molecule has 0 unspecified atom stereocenters. The number of piperidine rings is 1. The van der Waals surface area contributed by atoms with Gasteiger partial charge in [-0.3, -0.25) is 14.5 Å². The van der Waals surface area contributed by atoms with Crippen molar-refractivity contribution in [2.24, 2.45) is 5.92 Å². The summed E-state index contributed by atoms with van der Waals surface area (Å²) in [6, 6.07) is 8.79. The minimum Gasteiger partial charge on any atom is -0.378 e. The van der Waals surface area contributed by atoms with Crippen molar-refractivity contribution in [2.45, 2.75) is 44.9 Å². The number of nitrogens with zero attached hydrogens (tertiary/aromatic N) is 3. The van der Waals surface area contributed by atoms with Gasteiger partial charge in [-0.25, -0.2) is 0 Å². The maximum Gasteiger partial charge on any atom is 0.229 e. The Kier molecular flexibility index (Phi) is 6.53. The van der Waals surface area contributed by atoms with Gasteiger partial charge in [-0.1, -0.05) is 25.5 Å². The first-order chi connectivity index (χ1) is 13.0. The summed E-state index contributed by atoms with van der Waals surface area (Å²) in [6.45, 7) is 5.97. The average Bonchev–Trinajstić information content (AvgIpc) is 2.98. The van der Waals surface area contributed by atoms with E-state index in [-0.39, 0.29) is 11.8 Å². The molecule has 0 saturated carbocycles. The second-order valence-electron chi connectivity index (χ2n) is 8.19. The summed E-state index contributed by atoms with van der Waals surface area (Å²) in [4.78, 5) is 30.5. The predicted octanol–water partition coefficient (Wildman–Crippen LogP) is 3.11. The number of anilines is 1. The minimum absolute atomic E-state index is 0.00684. The van der Waals surface area contributed by atoms with Crippen LogP contribution in [-0.2, 0) is 9.59 Å². The number of carbonyl (C=O) groups is 2. The lowest BCUT2D eigenvalue weighted by molar-refractivity contribution is -0.139. The fraction of sp³-hybridized carbons (Fsp3) is 0.636. The smallest absolute Gasteiger partial charge is 0.229 e. The van der Waals surface area contributed by atoms with Crippen molar-refractivity contribution in [3.05, 3.63) is 29.8 Å². The molecule has 2 aliphatic rings. The molecule has 3 rings (SSSR count). The largest absolute Gasteiger partial charge is 0.378 e. The summed E-state index contributed by atoms with van der Waals surface area (Å²) in [5, 5.41) is 0. The van der Waals surface area contributed by atoms with Gasteiger partial charge in [0.25, 0.3) is 0 Å². The third kappa shape index (κ3) is 4.70. The van der Waals surface area contributed by atoms with Crippen LogP contribution in [0.4, 0.5) is 5.69 Å². The third-order valence-corrected chi connectivity index (χ3v) is 6.06. The zero-order valence-corrected chi connectivity index (χ0v) is 17.0. The summed E-state index contributed by atoms with van der Waals surface area (Å²) in [5.74, 6) is 0.729. The van der Waals surface area contributed by atoms with Crippen LogP contribution in [0.2, 0.25) is 0 Å². The molecule has 0 radical (unpaired) electrons.